The van der Waals surface area contributed by atoms with Crippen LogP contribution in [0.5, 0.6) is 0 Å². The van der Waals surface area contributed by atoms with E-state index in [1.165, 1.54) is 0 Å². The van der Waals surface area contributed by atoms with E-state index in [0.717, 1.165) is 5.56 Å². The standard InChI is InChI=1S/C31H49N5O8/c1-6-8-27(39)44-19-22-10-12-23(13-11-22)34-29(40)24(9-7-16-33-31(32)42)35-30(41)28(21(4)5)36-26(38)15-18-43-17-14-25(37)20(2)3/h10-13,20-21,24,28H,6-9,14-19H2,1-5H3,(H,34,40)(H,35,41)(H,36,38)(H3,32,33,42)/t24-,28-/m0/s1. The first kappa shape index (κ1) is 38.0. The summed E-state index contributed by atoms with van der Waals surface area (Å²) in [5, 5.41) is 10.7. The van der Waals surface area contributed by atoms with Crippen molar-refractivity contribution in [3.63, 3.8) is 0 Å². The Balaban J connectivity index is 2.80. The van der Waals surface area contributed by atoms with E-state index in [4.69, 9.17) is 15.2 Å². The average Bonchev–Trinajstić information content (AvgIpc) is 2.96. The van der Waals surface area contributed by atoms with Crippen LogP contribution >= 0.6 is 0 Å². The average molecular weight is 620 g/mol. The summed E-state index contributed by atoms with van der Waals surface area (Å²) in [5.41, 5.74) is 6.34. The number of primary amides is 1. The first-order valence-corrected chi connectivity index (χ1v) is 15.1. The number of nitrogens with one attached hydrogen (secondary N) is 4. The number of urea groups is 1. The fraction of sp³-hybridized carbons (Fsp3) is 0.613. The van der Waals surface area contributed by atoms with Crippen molar-refractivity contribution in [2.75, 3.05) is 25.1 Å². The van der Waals surface area contributed by atoms with Crippen molar-refractivity contribution in [1.82, 2.24) is 16.0 Å². The lowest BCUT2D eigenvalue weighted by atomic mass is 10.0. The first-order chi connectivity index (χ1) is 20.8. The smallest absolute Gasteiger partial charge is 0.312 e. The van der Waals surface area contributed by atoms with Gasteiger partial charge in [0, 0.05) is 37.4 Å². The van der Waals surface area contributed by atoms with E-state index in [2.05, 4.69) is 21.3 Å². The lowest BCUT2D eigenvalue weighted by Gasteiger charge is -2.25. The first-order valence-electron chi connectivity index (χ1n) is 15.1. The zero-order chi connectivity index (χ0) is 33.1. The van der Waals surface area contributed by atoms with Crippen LogP contribution in [-0.4, -0.2) is 67.3 Å². The van der Waals surface area contributed by atoms with Crippen LogP contribution < -0.4 is 27.0 Å². The van der Waals surface area contributed by atoms with Gasteiger partial charge in [0.2, 0.25) is 17.7 Å². The molecule has 0 heterocycles. The van der Waals surface area contributed by atoms with Crippen LogP contribution in [-0.2, 0) is 40.1 Å². The SMILES string of the molecule is CCCC(=O)OCc1ccc(NC(=O)[C@H](CCCNC(N)=O)NC(=O)[C@@H](NC(=O)CCOCCC(=O)C(C)C)C(C)C)cc1. The molecule has 6 N–H and O–H groups in total. The summed E-state index contributed by atoms with van der Waals surface area (Å²) in [6.45, 7) is 9.69. The maximum atomic E-state index is 13.3. The van der Waals surface area contributed by atoms with E-state index in [0.29, 0.717) is 24.9 Å². The minimum absolute atomic E-state index is 0.00285. The fourth-order valence-electron chi connectivity index (χ4n) is 3.91. The quantitative estimate of drug-likeness (QED) is 0.102. The monoisotopic (exact) mass is 619 g/mol. The van der Waals surface area contributed by atoms with Gasteiger partial charge in [-0.3, -0.25) is 24.0 Å². The van der Waals surface area contributed by atoms with Gasteiger partial charge >= 0.3 is 12.0 Å². The second-order valence-electron chi connectivity index (χ2n) is 11.1. The van der Waals surface area contributed by atoms with Crippen molar-refractivity contribution in [2.24, 2.45) is 17.6 Å². The van der Waals surface area contributed by atoms with E-state index in [1.807, 2.05) is 20.8 Å². The summed E-state index contributed by atoms with van der Waals surface area (Å²) in [6, 6.07) is 4.16. The van der Waals surface area contributed by atoms with Crippen LogP contribution in [0.3, 0.4) is 0 Å². The van der Waals surface area contributed by atoms with Gasteiger partial charge in [-0.2, -0.15) is 0 Å². The Morgan fingerprint density at radius 3 is 2.11 bits per heavy atom. The molecule has 0 saturated heterocycles. The topological polar surface area (TPSA) is 195 Å². The number of nitrogens with two attached hydrogens (primary N) is 1. The number of carbonyl (C=O) groups is 6. The summed E-state index contributed by atoms with van der Waals surface area (Å²) in [6.07, 6.45) is 1.84. The molecule has 0 aliphatic rings. The van der Waals surface area contributed by atoms with Gasteiger partial charge in [0.1, 0.15) is 24.5 Å². The molecule has 0 unspecified atom stereocenters. The molecule has 1 aromatic rings. The Bertz CT molecular complexity index is 1090. The number of anilines is 1. The zero-order valence-electron chi connectivity index (χ0n) is 26.5. The molecule has 13 heteroatoms. The van der Waals surface area contributed by atoms with Crippen molar-refractivity contribution in [1.29, 1.82) is 0 Å². The highest BCUT2D eigenvalue weighted by atomic mass is 16.5. The van der Waals surface area contributed by atoms with Gasteiger partial charge < -0.3 is 36.5 Å². The van der Waals surface area contributed by atoms with Crippen LogP contribution in [0.25, 0.3) is 0 Å². The van der Waals surface area contributed by atoms with Gasteiger partial charge in [-0.15, -0.1) is 0 Å². The Kier molecular flexibility index (Phi) is 18.0. The Morgan fingerprint density at radius 2 is 1.52 bits per heavy atom. The highest BCUT2D eigenvalue weighted by Crippen LogP contribution is 2.13. The molecule has 0 spiro atoms. The number of esters is 1. The predicted molar refractivity (Wildman–Crippen MR) is 165 cm³/mol. The number of Topliss-reactive ketones (excluding diaryl/α,β-unsaturated/α-hetero) is 1. The number of hydrogen-bond donors (Lipinski definition) is 5. The molecular weight excluding hydrogens is 570 g/mol. The number of ether oxygens (including phenoxy) is 2. The highest BCUT2D eigenvalue weighted by molar-refractivity contribution is 5.98. The molecule has 0 aliphatic carbocycles. The Hall–Kier alpha value is -4.00. The van der Waals surface area contributed by atoms with Crippen molar-refractivity contribution in [3.05, 3.63) is 29.8 Å². The number of ketones is 1. The summed E-state index contributed by atoms with van der Waals surface area (Å²) >= 11 is 0. The van der Waals surface area contributed by atoms with E-state index in [1.54, 1.807) is 38.1 Å². The predicted octanol–water partition coefficient (Wildman–Crippen LogP) is 2.56. The van der Waals surface area contributed by atoms with E-state index in [-0.39, 0.29) is 69.2 Å². The Labute approximate surface area is 259 Å². The summed E-state index contributed by atoms with van der Waals surface area (Å²) in [5.74, 6) is -2.00. The number of hydrogen-bond acceptors (Lipinski definition) is 8. The van der Waals surface area contributed by atoms with Crippen LogP contribution in [0, 0.1) is 11.8 Å². The van der Waals surface area contributed by atoms with Gasteiger partial charge in [-0.1, -0.05) is 46.8 Å². The Morgan fingerprint density at radius 1 is 0.864 bits per heavy atom. The molecule has 0 bridgehead atoms. The second kappa shape index (κ2) is 20.8. The number of benzene rings is 1. The highest BCUT2D eigenvalue weighted by Gasteiger charge is 2.28. The molecule has 2 atom stereocenters. The molecule has 0 saturated carbocycles. The minimum Gasteiger partial charge on any atom is -0.461 e. The van der Waals surface area contributed by atoms with Gasteiger partial charge in [-0.05, 0) is 42.9 Å². The van der Waals surface area contributed by atoms with Crippen molar-refractivity contribution in [3.8, 4) is 0 Å². The molecule has 5 amide bonds. The van der Waals surface area contributed by atoms with Gasteiger partial charge in [0.05, 0.1) is 13.2 Å². The van der Waals surface area contributed by atoms with Gasteiger partial charge in [0.15, 0.2) is 0 Å². The number of carbonyl (C=O) groups excluding carboxylic acids is 6. The fourth-order valence-corrected chi connectivity index (χ4v) is 3.91. The third-order valence-electron chi connectivity index (χ3n) is 6.55. The second-order valence-corrected chi connectivity index (χ2v) is 11.1. The van der Waals surface area contributed by atoms with Gasteiger partial charge in [0.25, 0.3) is 0 Å². The lowest BCUT2D eigenvalue weighted by Crippen LogP contribution is -2.54. The molecule has 13 nitrogen and oxygen atoms in total. The molecule has 0 aromatic heterocycles. The molecule has 1 aromatic carbocycles. The van der Waals surface area contributed by atoms with E-state index in [9.17, 15) is 28.8 Å². The van der Waals surface area contributed by atoms with Crippen LogP contribution in [0.2, 0.25) is 0 Å². The molecule has 44 heavy (non-hydrogen) atoms. The summed E-state index contributed by atoms with van der Waals surface area (Å²) in [4.78, 5) is 73.4. The van der Waals surface area contributed by atoms with Crippen molar-refractivity contribution < 1.29 is 38.2 Å². The normalized spacial score (nSPS) is 12.2. The van der Waals surface area contributed by atoms with Crippen LogP contribution in [0.1, 0.15) is 78.7 Å². The van der Waals surface area contributed by atoms with E-state index >= 15 is 0 Å². The van der Waals surface area contributed by atoms with Crippen molar-refractivity contribution in [2.45, 2.75) is 91.8 Å². The number of amides is 5. The third-order valence-corrected chi connectivity index (χ3v) is 6.55. The maximum absolute atomic E-state index is 13.3. The molecular formula is C31H49N5O8. The molecule has 0 aliphatic heterocycles. The molecule has 246 valence electrons. The zero-order valence-corrected chi connectivity index (χ0v) is 26.5. The number of rotatable bonds is 21. The van der Waals surface area contributed by atoms with Gasteiger partial charge in [-0.25, -0.2) is 4.79 Å². The summed E-state index contributed by atoms with van der Waals surface area (Å²) in [7, 11) is 0. The molecule has 0 radical (unpaired) electrons. The van der Waals surface area contributed by atoms with Crippen LogP contribution in [0.15, 0.2) is 24.3 Å². The molecule has 1 rings (SSSR count). The van der Waals surface area contributed by atoms with E-state index < -0.39 is 35.8 Å². The third kappa shape index (κ3) is 16.0. The lowest BCUT2D eigenvalue weighted by molar-refractivity contribution is -0.145. The van der Waals surface area contributed by atoms with Crippen LogP contribution in [0.4, 0.5) is 10.5 Å². The van der Waals surface area contributed by atoms with Crippen molar-refractivity contribution >= 4 is 41.2 Å². The minimum atomic E-state index is -0.980. The maximum Gasteiger partial charge on any atom is 0.312 e. The molecule has 0 fully saturated rings. The largest absolute Gasteiger partial charge is 0.461 e. The summed E-state index contributed by atoms with van der Waals surface area (Å²) < 4.78 is 10.6.